The Morgan fingerprint density at radius 2 is 1.87 bits per heavy atom. The molecule has 1 aliphatic carbocycles. The second-order valence-electron chi connectivity index (χ2n) is 6.32. The number of thioether (sulfide) groups is 1. The van der Waals surface area contributed by atoms with Crippen LogP contribution in [0, 0.1) is 5.92 Å². The maximum atomic E-state index is 5.91. The Bertz CT molecular complexity index is 491. The number of aromatic nitrogens is 2. The smallest absolute Gasteiger partial charge is 0.222 e. The quantitative estimate of drug-likeness (QED) is 0.836. The minimum Gasteiger partial charge on any atom is -0.368 e. The van der Waals surface area contributed by atoms with E-state index in [1.165, 1.54) is 18.6 Å². The van der Waals surface area contributed by atoms with E-state index in [1.54, 1.807) is 0 Å². The Labute approximate surface area is 155 Å². The van der Waals surface area contributed by atoms with Gasteiger partial charge in [0.2, 0.25) is 5.95 Å². The molecule has 5 nitrogen and oxygen atoms in total. The summed E-state index contributed by atoms with van der Waals surface area (Å²) >= 11 is 1.95. The molecule has 0 bridgehead atoms. The Balaban J connectivity index is 0.00000132. The number of hydrogen-bond donors (Lipinski definition) is 2. The van der Waals surface area contributed by atoms with Crippen LogP contribution in [0.15, 0.2) is 6.07 Å². The van der Waals surface area contributed by atoms with Crippen LogP contribution in [0.1, 0.15) is 37.3 Å². The molecule has 132 valence electrons. The normalized spacial score (nSPS) is 24.3. The molecule has 0 radical (unpaired) electrons. The van der Waals surface area contributed by atoms with Gasteiger partial charge in [-0.2, -0.15) is 16.7 Å². The molecular weight excluding hydrogens is 353 g/mol. The lowest BCUT2D eigenvalue weighted by molar-refractivity contribution is 0.345. The highest BCUT2D eigenvalue weighted by molar-refractivity contribution is 7.98. The molecule has 0 unspecified atom stereocenters. The third-order valence-corrected chi connectivity index (χ3v) is 5.49. The van der Waals surface area contributed by atoms with E-state index < -0.39 is 0 Å². The SMILES string of the molecule is CSCC1CCN(c2cc(C3CC(N)C3)nc(N)n2)CC1.Cl.Cl. The van der Waals surface area contributed by atoms with Crippen molar-refractivity contribution in [3.05, 3.63) is 11.8 Å². The van der Waals surface area contributed by atoms with Gasteiger partial charge in [0.05, 0.1) is 5.69 Å². The summed E-state index contributed by atoms with van der Waals surface area (Å²) in [7, 11) is 0. The van der Waals surface area contributed by atoms with E-state index in [0.717, 1.165) is 43.4 Å². The zero-order valence-corrected chi connectivity index (χ0v) is 15.9. The van der Waals surface area contributed by atoms with Gasteiger partial charge >= 0.3 is 0 Å². The largest absolute Gasteiger partial charge is 0.368 e. The monoisotopic (exact) mass is 379 g/mol. The predicted molar refractivity (Wildman–Crippen MR) is 104 cm³/mol. The summed E-state index contributed by atoms with van der Waals surface area (Å²) in [6.45, 7) is 2.15. The molecule has 3 rings (SSSR count). The third-order valence-electron chi connectivity index (χ3n) is 4.68. The van der Waals surface area contributed by atoms with Gasteiger partial charge < -0.3 is 16.4 Å². The maximum absolute atomic E-state index is 5.91. The average Bonchev–Trinajstić information content (AvgIpc) is 2.44. The number of nitrogen functional groups attached to an aromatic ring is 1. The fraction of sp³-hybridized carbons (Fsp3) is 0.733. The third kappa shape index (κ3) is 5.02. The zero-order chi connectivity index (χ0) is 14.8. The first-order valence-corrected chi connectivity index (χ1v) is 9.19. The standard InChI is InChI=1S/C15H25N5S.2ClH/c1-21-9-10-2-4-20(5-3-10)14-8-13(18-15(17)19-14)11-6-12(16)7-11;;/h8,10-12H,2-7,9,16H2,1H3,(H2,17,18,19);2*1H. The van der Waals surface area contributed by atoms with E-state index in [-0.39, 0.29) is 24.8 Å². The van der Waals surface area contributed by atoms with Crippen molar-refractivity contribution in [3.8, 4) is 0 Å². The zero-order valence-electron chi connectivity index (χ0n) is 13.5. The summed E-state index contributed by atoms with van der Waals surface area (Å²) in [5.74, 6) is 3.98. The molecule has 0 spiro atoms. The van der Waals surface area contributed by atoms with Crippen LogP contribution in [0.5, 0.6) is 0 Å². The summed E-state index contributed by atoms with van der Waals surface area (Å²) in [4.78, 5) is 11.2. The molecule has 23 heavy (non-hydrogen) atoms. The van der Waals surface area contributed by atoms with E-state index in [2.05, 4.69) is 27.2 Å². The summed E-state index contributed by atoms with van der Waals surface area (Å²) in [5, 5.41) is 0. The van der Waals surface area contributed by atoms with Crippen molar-refractivity contribution >= 4 is 48.3 Å². The highest BCUT2D eigenvalue weighted by Gasteiger charge is 2.30. The Hall–Kier alpha value is -0.430. The van der Waals surface area contributed by atoms with Crippen molar-refractivity contribution in [2.75, 3.05) is 35.7 Å². The van der Waals surface area contributed by atoms with Crippen LogP contribution >= 0.6 is 36.6 Å². The minimum absolute atomic E-state index is 0. The van der Waals surface area contributed by atoms with E-state index in [4.69, 9.17) is 11.5 Å². The van der Waals surface area contributed by atoms with Gasteiger partial charge in [0.25, 0.3) is 0 Å². The molecule has 4 N–H and O–H groups in total. The molecule has 2 heterocycles. The lowest BCUT2D eigenvalue weighted by Gasteiger charge is -2.35. The molecule has 1 aromatic heterocycles. The molecule has 0 atom stereocenters. The molecule has 2 fully saturated rings. The topological polar surface area (TPSA) is 81.1 Å². The molecule has 1 saturated carbocycles. The Morgan fingerprint density at radius 3 is 2.43 bits per heavy atom. The number of rotatable bonds is 4. The first kappa shape index (κ1) is 20.6. The van der Waals surface area contributed by atoms with E-state index in [9.17, 15) is 0 Å². The maximum Gasteiger partial charge on any atom is 0.222 e. The number of piperidine rings is 1. The lowest BCUT2D eigenvalue weighted by atomic mass is 9.78. The lowest BCUT2D eigenvalue weighted by Crippen LogP contribution is -2.37. The van der Waals surface area contributed by atoms with Gasteiger partial charge in [-0.3, -0.25) is 0 Å². The highest BCUT2D eigenvalue weighted by atomic mass is 35.5. The fourth-order valence-electron chi connectivity index (χ4n) is 3.31. The second-order valence-corrected chi connectivity index (χ2v) is 7.23. The van der Waals surface area contributed by atoms with Crippen molar-refractivity contribution in [2.24, 2.45) is 11.7 Å². The van der Waals surface area contributed by atoms with Crippen LogP contribution in [0.4, 0.5) is 11.8 Å². The van der Waals surface area contributed by atoms with Crippen LogP contribution in [0.2, 0.25) is 0 Å². The summed E-state index contributed by atoms with van der Waals surface area (Å²) in [6.07, 6.45) is 6.72. The molecule has 0 aromatic carbocycles. The van der Waals surface area contributed by atoms with E-state index in [0.29, 0.717) is 17.9 Å². The molecule has 1 saturated heterocycles. The molecule has 0 amide bonds. The first-order valence-electron chi connectivity index (χ1n) is 7.79. The van der Waals surface area contributed by atoms with Gasteiger partial charge in [-0.15, -0.1) is 24.8 Å². The molecule has 1 aliphatic heterocycles. The van der Waals surface area contributed by atoms with E-state index >= 15 is 0 Å². The van der Waals surface area contributed by atoms with Crippen LogP contribution in [-0.2, 0) is 0 Å². The van der Waals surface area contributed by atoms with Crippen molar-refractivity contribution in [1.82, 2.24) is 9.97 Å². The number of hydrogen-bond acceptors (Lipinski definition) is 6. The van der Waals surface area contributed by atoms with Gasteiger partial charge in [-0.25, -0.2) is 4.98 Å². The number of anilines is 2. The molecular formula is C15H27Cl2N5S. The van der Waals surface area contributed by atoms with Gasteiger partial charge in [0, 0.05) is 31.1 Å². The van der Waals surface area contributed by atoms with Crippen LogP contribution in [0.3, 0.4) is 0 Å². The predicted octanol–water partition coefficient (Wildman–Crippen LogP) is 2.69. The number of halogens is 2. The molecule has 1 aromatic rings. The van der Waals surface area contributed by atoms with Crippen molar-refractivity contribution in [2.45, 2.75) is 37.6 Å². The van der Waals surface area contributed by atoms with E-state index in [1.807, 2.05) is 11.8 Å². The second kappa shape index (κ2) is 9.16. The van der Waals surface area contributed by atoms with Gasteiger partial charge in [-0.1, -0.05) is 0 Å². The summed E-state index contributed by atoms with van der Waals surface area (Å²) in [5.41, 5.74) is 12.9. The van der Waals surface area contributed by atoms with Crippen molar-refractivity contribution in [1.29, 1.82) is 0 Å². The summed E-state index contributed by atoms with van der Waals surface area (Å²) in [6, 6.07) is 2.46. The number of nitrogens with zero attached hydrogens (tertiary/aromatic N) is 3. The van der Waals surface area contributed by atoms with Gasteiger partial charge in [0.1, 0.15) is 5.82 Å². The first-order chi connectivity index (χ1) is 10.2. The minimum atomic E-state index is 0. The van der Waals surface area contributed by atoms with Crippen molar-refractivity contribution in [3.63, 3.8) is 0 Å². The Morgan fingerprint density at radius 1 is 1.22 bits per heavy atom. The fourth-order valence-corrected chi connectivity index (χ4v) is 4.12. The highest BCUT2D eigenvalue weighted by Crippen LogP contribution is 2.36. The molecule has 8 heteroatoms. The van der Waals surface area contributed by atoms with Gasteiger partial charge in [0.15, 0.2) is 0 Å². The average molecular weight is 380 g/mol. The van der Waals surface area contributed by atoms with Crippen molar-refractivity contribution < 1.29 is 0 Å². The van der Waals surface area contributed by atoms with Crippen LogP contribution in [0.25, 0.3) is 0 Å². The van der Waals surface area contributed by atoms with Crippen LogP contribution < -0.4 is 16.4 Å². The molecule has 2 aliphatic rings. The Kier molecular flexibility index (Phi) is 8.21. The number of nitrogens with two attached hydrogens (primary N) is 2. The summed E-state index contributed by atoms with van der Waals surface area (Å²) < 4.78 is 0. The van der Waals surface area contributed by atoms with Crippen LogP contribution in [-0.4, -0.2) is 41.1 Å². The van der Waals surface area contributed by atoms with Gasteiger partial charge in [-0.05, 0) is 43.6 Å².